The van der Waals surface area contributed by atoms with Gasteiger partial charge in [-0.3, -0.25) is 4.79 Å². The Kier molecular flexibility index (Phi) is 4.72. The molecule has 0 saturated heterocycles. The van der Waals surface area contributed by atoms with Crippen LogP contribution >= 0.6 is 27.3 Å². The van der Waals surface area contributed by atoms with E-state index in [1.807, 2.05) is 0 Å². The fourth-order valence-electron chi connectivity index (χ4n) is 1.05. The summed E-state index contributed by atoms with van der Waals surface area (Å²) in [5.74, 6) is -0.696. The van der Waals surface area contributed by atoms with E-state index in [9.17, 15) is 18.0 Å². The van der Waals surface area contributed by atoms with Crippen LogP contribution in [-0.4, -0.2) is 40.4 Å². The first-order valence-electron chi connectivity index (χ1n) is 4.24. The van der Waals surface area contributed by atoms with Crippen molar-refractivity contribution in [3.8, 4) is 0 Å². The van der Waals surface area contributed by atoms with Gasteiger partial charge in [-0.05, 0) is 0 Å². The summed E-state index contributed by atoms with van der Waals surface area (Å²) >= 11 is 4.18. The summed E-state index contributed by atoms with van der Waals surface area (Å²) in [6.07, 6.45) is -4.39. The molecule has 0 aliphatic rings. The minimum atomic E-state index is -4.39. The summed E-state index contributed by atoms with van der Waals surface area (Å²) in [6.45, 7) is -1.26. The van der Waals surface area contributed by atoms with Gasteiger partial charge in [-0.2, -0.15) is 13.2 Å². The monoisotopic (exact) mass is 316 g/mol. The van der Waals surface area contributed by atoms with Gasteiger partial charge in [-0.25, -0.2) is 4.98 Å². The van der Waals surface area contributed by atoms with Crippen LogP contribution in [0.4, 0.5) is 13.2 Å². The van der Waals surface area contributed by atoms with Gasteiger partial charge in [-0.15, -0.1) is 11.3 Å². The van der Waals surface area contributed by atoms with Gasteiger partial charge in [0.05, 0.1) is 5.51 Å². The molecular formula is C8H8BrF3N2OS. The number of carbonyl (C=O) groups excluding carboxylic acids is 1. The second-order valence-electron chi connectivity index (χ2n) is 2.90. The molecule has 0 unspecified atom stereocenters. The highest BCUT2D eigenvalue weighted by atomic mass is 79.9. The van der Waals surface area contributed by atoms with Crippen LogP contribution in [0.2, 0.25) is 0 Å². The van der Waals surface area contributed by atoms with Crippen molar-refractivity contribution in [2.45, 2.75) is 6.18 Å². The number of rotatable bonds is 4. The molecule has 8 heteroatoms. The largest absolute Gasteiger partial charge is 0.406 e. The van der Waals surface area contributed by atoms with E-state index in [0.29, 0.717) is 5.33 Å². The normalized spacial score (nSPS) is 11.5. The van der Waals surface area contributed by atoms with Crippen molar-refractivity contribution < 1.29 is 18.0 Å². The predicted octanol–water partition coefficient (Wildman–Crippen LogP) is 2.54. The molecule has 1 aromatic heterocycles. The van der Waals surface area contributed by atoms with E-state index in [-0.39, 0.29) is 12.2 Å². The smallest absolute Gasteiger partial charge is 0.327 e. The zero-order valence-electron chi connectivity index (χ0n) is 8.00. The Morgan fingerprint density at radius 1 is 1.56 bits per heavy atom. The maximum Gasteiger partial charge on any atom is 0.406 e. The fourth-order valence-corrected chi connectivity index (χ4v) is 2.00. The van der Waals surface area contributed by atoms with E-state index in [2.05, 4.69) is 20.9 Å². The molecule has 0 fully saturated rings. The number of halogens is 4. The van der Waals surface area contributed by atoms with Gasteiger partial charge >= 0.3 is 6.18 Å². The van der Waals surface area contributed by atoms with Crippen molar-refractivity contribution in [1.29, 1.82) is 0 Å². The summed E-state index contributed by atoms with van der Waals surface area (Å²) in [5.41, 5.74) is 1.46. The third-order valence-electron chi connectivity index (χ3n) is 1.66. The van der Waals surface area contributed by atoms with Crippen molar-refractivity contribution in [2.75, 3.05) is 18.4 Å². The summed E-state index contributed by atoms with van der Waals surface area (Å²) in [4.78, 5) is 16.0. The van der Waals surface area contributed by atoms with E-state index < -0.39 is 18.6 Å². The van der Waals surface area contributed by atoms with E-state index in [4.69, 9.17) is 0 Å². The van der Waals surface area contributed by atoms with Crippen molar-refractivity contribution >= 4 is 33.2 Å². The summed E-state index contributed by atoms with van der Waals surface area (Å²) < 4.78 is 36.6. The van der Waals surface area contributed by atoms with E-state index in [1.54, 1.807) is 0 Å². The van der Waals surface area contributed by atoms with Crippen molar-refractivity contribution in [3.63, 3.8) is 0 Å². The average Bonchev–Trinajstić information content (AvgIpc) is 2.66. The topological polar surface area (TPSA) is 33.2 Å². The summed E-state index contributed by atoms with van der Waals surface area (Å²) in [5, 5.41) is 1.72. The van der Waals surface area contributed by atoms with Crippen LogP contribution < -0.4 is 0 Å². The predicted molar refractivity (Wildman–Crippen MR) is 57.9 cm³/mol. The molecule has 0 N–H and O–H groups in total. The van der Waals surface area contributed by atoms with Gasteiger partial charge in [0, 0.05) is 17.3 Å². The van der Waals surface area contributed by atoms with E-state index in [0.717, 1.165) is 4.90 Å². The Labute approximate surface area is 102 Å². The minimum Gasteiger partial charge on any atom is -0.327 e. The second kappa shape index (κ2) is 5.62. The zero-order valence-corrected chi connectivity index (χ0v) is 10.4. The van der Waals surface area contributed by atoms with Gasteiger partial charge in [0.1, 0.15) is 12.2 Å². The molecule has 0 spiro atoms. The molecule has 1 amide bonds. The van der Waals surface area contributed by atoms with E-state index in [1.165, 1.54) is 22.2 Å². The fraction of sp³-hybridized carbons (Fsp3) is 0.500. The van der Waals surface area contributed by atoms with E-state index >= 15 is 0 Å². The van der Waals surface area contributed by atoms with Gasteiger partial charge in [-0.1, -0.05) is 15.9 Å². The number of nitrogens with zero attached hydrogens (tertiary/aromatic N) is 2. The van der Waals surface area contributed by atoms with Crippen molar-refractivity contribution in [2.24, 2.45) is 0 Å². The summed E-state index contributed by atoms with van der Waals surface area (Å²) in [7, 11) is 0. The van der Waals surface area contributed by atoms with Crippen molar-refractivity contribution in [3.05, 3.63) is 16.6 Å². The number of thiazole rings is 1. The maximum atomic E-state index is 12.2. The minimum absolute atomic E-state index is 0.00410. The molecule has 90 valence electrons. The average molecular weight is 317 g/mol. The highest BCUT2D eigenvalue weighted by Crippen LogP contribution is 2.18. The quantitative estimate of drug-likeness (QED) is 0.800. The molecule has 3 nitrogen and oxygen atoms in total. The van der Waals surface area contributed by atoms with Crippen LogP contribution in [0, 0.1) is 0 Å². The molecule has 16 heavy (non-hydrogen) atoms. The Morgan fingerprint density at radius 2 is 2.25 bits per heavy atom. The number of hydrogen-bond acceptors (Lipinski definition) is 3. The molecule has 1 aromatic rings. The molecule has 0 aromatic carbocycles. The van der Waals surface area contributed by atoms with Crippen LogP contribution in [0.1, 0.15) is 10.5 Å². The van der Waals surface area contributed by atoms with Gasteiger partial charge in [0.25, 0.3) is 5.91 Å². The highest BCUT2D eigenvalue weighted by Gasteiger charge is 2.33. The molecule has 1 rings (SSSR count). The third-order valence-corrected chi connectivity index (χ3v) is 2.60. The molecule has 0 aliphatic heterocycles. The lowest BCUT2D eigenvalue weighted by atomic mass is 10.3. The highest BCUT2D eigenvalue weighted by molar-refractivity contribution is 9.09. The molecular weight excluding hydrogens is 309 g/mol. The standard InChI is InChI=1S/C8H8BrF3N2OS/c9-1-2-14(4-8(10,11)12)7(15)6-3-16-5-13-6/h3,5H,1-2,4H2. The summed E-state index contributed by atoms with van der Waals surface area (Å²) in [6, 6.07) is 0. The maximum absolute atomic E-state index is 12.2. The Morgan fingerprint density at radius 3 is 2.69 bits per heavy atom. The van der Waals surface area contributed by atoms with Crippen LogP contribution in [0.3, 0.4) is 0 Å². The first kappa shape index (κ1) is 13.4. The third kappa shape index (κ3) is 4.09. The molecule has 0 atom stereocenters. The number of carbonyl (C=O) groups is 1. The lowest BCUT2D eigenvalue weighted by Crippen LogP contribution is -2.40. The zero-order chi connectivity index (χ0) is 12.2. The Balaban J connectivity index is 2.74. The first-order valence-corrected chi connectivity index (χ1v) is 6.30. The Bertz CT molecular complexity index is 342. The van der Waals surface area contributed by atoms with Gasteiger partial charge in [0.2, 0.25) is 0 Å². The molecule has 0 bridgehead atoms. The van der Waals surface area contributed by atoms with Gasteiger partial charge < -0.3 is 4.90 Å². The molecule has 0 aliphatic carbocycles. The molecule has 0 radical (unpaired) electrons. The van der Waals surface area contributed by atoms with Gasteiger partial charge in [0.15, 0.2) is 0 Å². The second-order valence-corrected chi connectivity index (χ2v) is 4.42. The number of aromatic nitrogens is 1. The molecule has 0 saturated carbocycles. The van der Waals surface area contributed by atoms with Crippen LogP contribution in [0.15, 0.2) is 10.9 Å². The lowest BCUT2D eigenvalue weighted by molar-refractivity contribution is -0.140. The van der Waals surface area contributed by atoms with Crippen LogP contribution in [0.5, 0.6) is 0 Å². The first-order chi connectivity index (χ1) is 7.44. The lowest BCUT2D eigenvalue weighted by Gasteiger charge is -2.22. The van der Waals surface area contributed by atoms with Crippen LogP contribution in [-0.2, 0) is 0 Å². The number of alkyl halides is 4. The van der Waals surface area contributed by atoms with Crippen molar-refractivity contribution in [1.82, 2.24) is 9.88 Å². The molecule has 1 heterocycles. The number of hydrogen-bond donors (Lipinski definition) is 0. The number of amides is 1. The SMILES string of the molecule is O=C(c1cscn1)N(CCBr)CC(F)(F)F. The Hall–Kier alpha value is -0.630. The van der Waals surface area contributed by atoms with Crippen LogP contribution in [0.25, 0.3) is 0 Å².